The maximum Gasteiger partial charge on any atom is 0.305 e. The van der Waals surface area contributed by atoms with E-state index in [1.165, 1.54) is 17.0 Å². The molecule has 0 spiro atoms. The predicted octanol–water partition coefficient (Wildman–Crippen LogP) is 4.46. The SMILES string of the molecule is CCCc1cnc(N2CCC(Oc3nc4ccc(C5=CCN(S(=O)(=O)CCCC(=O)OC)CC5)cc4s3)CC2)nc1. The van der Waals surface area contributed by atoms with E-state index in [0.717, 1.165) is 66.1 Å². The molecule has 0 N–H and O–H groups in total. The molecular formula is C29H37N5O5S2. The van der Waals surface area contributed by atoms with Gasteiger partial charge in [-0.2, -0.15) is 4.31 Å². The molecule has 1 aromatic carbocycles. The molecule has 220 valence electrons. The highest BCUT2D eigenvalue weighted by molar-refractivity contribution is 7.89. The number of carbonyl (C=O) groups excluding carboxylic acids is 1. The summed E-state index contributed by atoms with van der Waals surface area (Å²) in [7, 11) is -2.11. The molecular weight excluding hydrogens is 562 g/mol. The third-order valence-electron chi connectivity index (χ3n) is 7.54. The van der Waals surface area contributed by atoms with Crippen molar-refractivity contribution in [2.45, 2.75) is 58.0 Å². The minimum Gasteiger partial charge on any atom is -0.469 e. The zero-order chi connectivity index (χ0) is 28.8. The van der Waals surface area contributed by atoms with E-state index in [2.05, 4.69) is 32.6 Å². The molecule has 4 heterocycles. The van der Waals surface area contributed by atoms with Gasteiger partial charge in [0.05, 0.1) is 23.1 Å². The van der Waals surface area contributed by atoms with Crippen LogP contribution >= 0.6 is 11.3 Å². The summed E-state index contributed by atoms with van der Waals surface area (Å²) in [4.78, 5) is 27.3. The second kappa shape index (κ2) is 13.3. The lowest BCUT2D eigenvalue weighted by Gasteiger charge is -2.31. The normalized spacial score (nSPS) is 17.0. The number of esters is 1. The first kappa shape index (κ1) is 29.4. The van der Waals surface area contributed by atoms with Gasteiger partial charge in [0, 0.05) is 57.8 Å². The van der Waals surface area contributed by atoms with Gasteiger partial charge in [-0.15, -0.1) is 0 Å². The van der Waals surface area contributed by atoms with E-state index in [1.807, 2.05) is 30.6 Å². The summed E-state index contributed by atoms with van der Waals surface area (Å²) < 4.78 is 38.8. The molecule has 0 bridgehead atoms. The molecule has 2 aromatic heterocycles. The topological polar surface area (TPSA) is 115 Å². The third-order valence-corrected chi connectivity index (χ3v) is 10.4. The van der Waals surface area contributed by atoms with Crippen molar-refractivity contribution in [1.29, 1.82) is 0 Å². The number of anilines is 1. The molecule has 3 aromatic rings. The first-order chi connectivity index (χ1) is 19.8. The van der Waals surface area contributed by atoms with Gasteiger partial charge >= 0.3 is 5.97 Å². The fraction of sp³-hybridized carbons (Fsp3) is 0.517. The first-order valence-electron chi connectivity index (χ1n) is 14.2. The Bertz CT molecular complexity index is 1480. The largest absolute Gasteiger partial charge is 0.469 e. The quantitative estimate of drug-likeness (QED) is 0.295. The van der Waals surface area contributed by atoms with Gasteiger partial charge in [0.25, 0.3) is 5.19 Å². The van der Waals surface area contributed by atoms with Crippen LogP contribution in [0.1, 0.15) is 56.6 Å². The van der Waals surface area contributed by atoms with E-state index >= 15 is 0 Å². The molecule has 1 saturated heterocycles. The Labute approximate surface area is 245 Å². The number of ether oxygens (including phenoxy) is 2. The number of piperidine rings is 1. The van der Waals surface area contributed by atoms with Crippen LogP contribution in [-0.4, -0.2) is 78.8 Å². The van der Waals surface area contributed by atoms with Gasteiger partial charge in [-0.3, -0.25) is 4.79 Å². The number of rotatable bonds is 11. The Morgan fingerprint density at radius 3 is 2.61 bits per heavy atom. The molecule has 1 fully saturated rings. The van der Waals surface area contributed by atoms with E-state index in [0.29, 0.717) is 24.7 Å². The molecule has 5 rings (SSSR count). The first-order valence-corrected chi connectivity index (χ1v) is 16.6. The summed E-state index contributed by atoms with van der Waals surface area (Å²) in [5.74, 6) is 0.337. The van der Waals surface area contributed by atoms with Gasteiger partial charge in [0.2, 0.25) is 16.0 Å². The van der Waals surface area contributed by atoms with Crippen molar-refractivity contribution >= 4 is 49.1 Å². The van der Waals surface area contributed by atoms with Crippen molar-refractivity contribution in [2.24, 2.45) is 0 Å². The standard InChI is InChI=1S/C29H37N5O5S2/c1-3-5-21-19-30-28(31-20-21)33-13-11-24(12-14-33)39-29-32-25-8-7-23(18-26(25)40-29)22-9-15-34(16-10-22)41(36,37)17-4-6-27(35)38-2/h7-9,18-20,24H,3-6,10-17H2,1-2H3. The molecule has 0 radical (unpaired) electrons. The summed E-state index contributed by atoms with van der Waals surface area (Å²) in [5.41, 5.74) is 4.28. The Kier molecular flexibility index (Phi) is 9.51. The van der Waals surface area contributed by atoms with Crippen molar-refractivity contribution in [1.82, 2.24) is 19.3 Å². The Balaban J connectivity index is 1.15. The fourth-order valence-corrected chi connectivity index (χ4v) is 7.55. The number of thiazole rings is 1. The number of aromatic nitrogens is 3. The van der Waals surface area contributed by atoms with Crippen LogP contribution < -0.4 is 9.64 Å². The van der Waals surface area contributed by atoms with Crippen molar-refractivity contribution in [2.75, 3.05) is 43.9 Å². The molecule has 2 aliphatic rings. The lowest BCUT2D eigenvalue weighted by atomic mass is 10.0. The summed E-state index contributed by atoms with van der Waals surface area (Å²) in [6.45, 7) is 4.60. The van der Waals surface area contributed by atoms with Crippen LogP contribution in [0.4, 0.5) is 5.95 Å². The number of fused-ring (bicyclic) bond motifs is 1. The van der Waals surface area contributed by atoms with Gasteiger partial charge in [-0.05, 0) is 48.1 Å². The van der Waals surface area contributed by atoms with E-state index in [1.54, 1.807) is 11.3 Å². The lowest BCUT2D eigenvalue weighted by molar-refractivity contribution is -0.140. The number of nitrogens with zero attached hydrogens (tertiary/aromatic N) is 5. The molecule has 0 amide bonds. The number of hydrogen-bond acceptors (Lipinski definition) is 10. The number of carbonyl (C=O) groups is 1. The molecule has 0 aliphatic carbocycles. The van der Waals surface area contributed by atoms with Crippen molar-refractivity contribution in [3.63, 3.8) is 0 Å². The summed E-state index contributed by atoms with van der Waals surface area (Å²) in [6.07, 6.45) is 10.8. The minimum atomic E-state index is -3.42. The molecule has 10 nitrogen and oxygen atoms in total. The average molecular weight is 600 g/mol. The number of sulfonamides is 1. The number of hydrogen-bond donors (Lipinski definition) is 0. The van der Waals surface area contributed by atoms with Crippen LogP contribution in [0.15, 0.2) is 36.7 Å². The smallest absolute Gasteiger partial charge is 0.305 e. The van der Waals surface area contributed by atoms with Gasteiger partial charge in [0.1, 0.15) is 6.10 Å². The number of aryl methyl sites for hydroxylation is 1. The van der Waals surface area contributed by atoms with E-state index in [4.69, 9.17) is 9.72 Å². The van der Waals surface area contributed by atoms with Crippen LogP contribution in [0.25, 0.3) is 15.8 Å². The minimum absolute atomic E-state index is 0.0557. The molecule has 0 unspecified atom stereocenters. The monoisotopic (exact) mass is 599 g/mol. The third kappa shape index (κ3) is 7.41. The van der Waals surface area contributed by atoms with Crippen LogP contribution in [0.2, 0.25) is 0 Å². The van der Waals surface area contributed by atoms with Gasteiger partial charge in [-0.25, -0.2) is 23.4 Å². The highest BCUT2D eigenvalue weighted by Crippen LogP contribution is 2.33. The maximum absolute atomic E-state index is 12.7. The molecule has 41 heavy (non-hydrogen) atoms. The molecule has 0 saturated carbocycles. The Hall–Kier alpha value is -3.09. The van der Waals surface area contributed by atoms with Crippen molar-refractivity contribution in [3.8, 4) is 5.19 Å². The summed E-state index contributed by atoms with van der Waals surface area (Å²) in [5, 5.41) is 0.678. The van der Waals surface area contributed by atoms with Gasteiger partial charge in [-0.1, -0.05) is 36.8 Å². The van der Waals surface area contributed by atoms with E-state index in [9.17, 15) is 13.2 Å². The summed E-state index contributed by atoms with van der Waals surface area (Å²) in [6, 6.07) is 6.17. The van der Waals surface area contributed by atoms with Crippen molar-refractivity contribution < 1.29 is 22.7 Å². The van der Waals surface area contributed by atoms with E-state index < -0.39 is 16.0 Å². The van der Waals surface area contributed by atoms with Crippen LogP contribution in [0.5, 0.6) is 5.19 Å². The second-order valence-electron chi connectivity index (χ2n) is 10.4. The average Bonchev–Trinajstić information content (AvgIpc) is 3.39. The maximum atomic E-state index is 12.7. The van der Waals surface area contributed by atoms with Crippen LogP contribution in [-0.2, 0) is 26.0 Å². The lowest BCUT2D eigenvalue weighted by Crippen LogP contribution is -2.39. The highest BCUT2D eigenvalue weighted by Gasteiger charge is 2.26. The molecule has 12 heteroatoms. The number of benzene rings is 1. The summed E-state index contributed by atoms with van der Waals surface area (Å²) >= 11 is 1.55. The van der Waals surface area contributed by atoms with Crippen LogP contribution in [0, 0.1) is 0 Å². The Morgan fingerprint density at radius 2 is 1.93 bits per heavy atom. The fourth-order valence-electron chi connectivity index (χ4n) is 5.19. The number of methoxy groups -OCH3 is 1. The molecule has 0 atom stereocenters. The van der Waals surface area contributed by atoms with Crippen LogP contribution in [0.3, 0.4) is 0 Å². The van der Waals surface area contributed by atoms with E-state index in [-0.39, 0.29) is 24.7 Å². The van der Waals surface area contributed by atoms with Crippen molar-refractivity contribution in [3.05, 3.63) is 47.8 Å². The molecule has 2 aliphatic heterocycles. The zero-order valence-corrected chi connectivity index (χ0v) is 25.3. The highest BCUT2D eigenvalue weighted by atomic mass is 32.2. The van der Waals surface area contributed by atoms with Gasteiger partial charge < -0.3 is 14.4 Å². The zero-order valence-electron chi connectivity index (χ0n) is 23.6. The van der Waals surface area contributed by atoms with Gasteiger partial charge in [0.15, 0.2) is 0 Å². The predicted molar refractivity (Wildman–Crippen MR) is 161 cm³/mol. The Morgan fingerprint density at radius 1 is 1.15 bits per heavy atom. The second-order valence-corrected chi connectivity index (χ2v) is 13.5.